The van der Waals surface area contributed by atoms with Crippen LogP contribution in [0.5, 0.6) is 0 Å². The number of carbonyl (C=O) groups excluding carboxylic acids is 2. The molecule has 3 amide bonds. The van der Waals surface area contributed by atoms with Crippen molar-refractivity contribution in [2.24, 2.45) is 0 Å². The zero-order chi connectivity index (χ0) is 27.4. The number of rotatable bonds is 7. The molecule has 4 aromatic rings. The lowest BCUT2D eigenvalue weighted by molar-refractivity contribution is -0.116. The standard InChI is InChI=1S/C30H35N5O3/c1-20-13-14-25(22(3)16-20)35-27(17-26(33-35)30(4,5)6)32-28(36)19-34(18-23-11-9-15-38-23)29(37)31-24-12-8-7-10-21(24)2/h7-17H,18-19H2,1-6H3,(H,31,37)(H,32,36). The second-order valence-electron chi connectivity index (χ2n) is 10.6. The topological polar surface area (TPSA) is 92.4 Å². The summed E-state index contributed by atoms with van der Waals surface area (Å²) in [6.45, 7) is 12.2. The van der Waals surface area contributed by atoms with Gasteiger partial charge in [0.25, 0.3) is 0 Å². The van der Waals surface area contributed by atoms with Gasteiger partial charge in [0.05, 0.1) is 24.2 Å². The summed E-state index contributed by atoms with van der Waals surface area (Å²) in [5, 5.41) is 10.7. The van der Waals surface area contributed by atoms with Gasteiger partial charge in [-0.15, -0.1) is 0 Å². The SMILES string of the molecule is Cc1ccc(-n2nc(C(C)(C)C)cc2NC(=O)CN(Cc2ccco2)C(=O)Nc2ccccc2C)c(C)c1. The molecule has 0 atom stereocenters. The van der Waals surface area contributed by atoms with Gasteiger partial charge in [-0.2, -0.15) is 5.10 Å². The Balaban J connectivity index is 1.60. The smallest absolute Gasteiger partial charge is 0.322 e. The lowest BCUT2D eigenvalue weighted by atomic mass is 9.92. The molecule has 2 aromatic heterocycles. The van der Waals surface area contributed by atoms with Crippen molar-refractivity contribution in [3.63, 3.8) is 0 Å². The first kappa shape index (κ1) is 26.7. The average Bonchev–Trinajstić information content (AvgIpc) is 3.50. The van der Waals surface area contributed by atoms with Crippen molar-refractivity contribution in [2.75, 3.05) is 17.2 Å². The van der Waals surface area contributed by atoms with E-state index in [0.29, 0.717) is 17.3 Å². The van der Waals surface area contributed by atoms with Crippen LogP contribution in [0.15, 0.2) is 71.3 Å². The average molecular weight is 514 g/mol. The van der Waals surface area contributed by atoms with Crippen LogP contribution in [0.2, 0.25) is 0 Å². The van der Waals surface area contributed by atoms with Crippen molar-refractivity contribution in [2.45, 2.75) is 53.5 Å². The Kier molecular flexibility index (Phi) is 7.71. The van der Waals surface area contributed by atoms with Gasteiger partial charge in [0.15, 0.2) is 0 Å². The molecule has 0 unspecified atom stereocenters. The second kappa shape index (κ2) is 11.0. The van der Waals surface area contributed by atoms with Gasteiger partial charge in [0.2, 0.25) is 5.91 Å². The minimum absolute atomic E-state index is 0.141. The highest BCUT2D eigenvalue weighted by Gasteiger charge is 2.24. The number of furan rings is 1. The van der Waals surface area contributed by atoms with E-state index in [1.54, 1.807) is 23.1 Å². The summed E-state index contributed by atoms with van der Waals surface area (Å²) in [5.74, 6) is 0.778. The maximum Gasteiger partial charge on any atom is 0.322 e. The number of amides is 3. The third-order valence-electron chi connectivity index (χ3n) is 6.26. The Morgan fingerprint density at radius 1 is 0.947 bits per heavy atom. The van der Waals surface area contributed by atoms with E-state index in [1.807, 2.05) is 63.2 Å². The molecule has 0 saturated carbocycles. The van der Waals surface area contributed by atoms with Crippen molar-refractivity contribution in [3.8, 4) is 5.69 Å². The van der Waals surface area contributed by atoms with Crippen LogP contribution in [0, 0.1) is 20.8 Å². The first-order valence-electron chi connectivity index (χ1n) is 12.6. The minimum atomic E-state index is -0.399. The Hall–Kier alpha value is -4.33. The van der Waals surface area contributed by atoms with Gasteiger partial charge in [-0.05, 0) is 56.2 Å². The van der Waals surface area contributed by atoms with Gasteiger partial charge >= 0.3 is 6.03 Å². The molecular formula is C30H35N5O3. The molecule has 8 nitrogen and oxygen atoms in total. The van der Waals surface area contributed by atoms with Crippen molar-refractivity contribution in [1.29, 1.82) is 0 Å². The zero-order valence-electron chi connectivity index (χ0n) is 22.8. The molecule has 2 N–H and O–H groups in total. The van der Waals surface area contributed by atoms with E-state index < -0.39 is 6.03 Å². The normalized spacial score (nSPS) is 11.3. The zero-order valence-corrected chi connectivity index (χ0v) is 22.8. The van der Waals surface area contributed by atoms with E-state index in [4.69, 9.17) is 9.52 Å². The van der Waals surface area contributed by atoms with E-state index in [2.05, 4.69) is 37.5 Å². The minimum Gasteiger partial charge on any atom is -0.467 e. The van der Waals surface area contributed by atoms with Crippen LogP contribution < -0.4 is 10.6 Å². The molecule has 198 valence electrons. The van der Waals surface area contributed by atoms with Crippen molar-refractivity contribution >= 4 is 23.4 Å². The predicted octanol–water partition coefficient (Wildman–Crippen LogP) is 6.36. The number of nitrogens with one attached hydrogen (secondary N) is 2. The number of para-hydroxylation sites is 1. The third kappa shape index (κ3) is 6.32. The molecule has 0 bridgehead atoms. The van der Waals surface area contributed by atoms with Gasteiger partial charge in [0.1, 0.15) is 18.1 Å². The van der Waals surface area contributed by atoms with Crippen molar-refractivity contribution in [1.82, 2.24) is 14.7 Å². The van der Waals surface area contributed by atoms with E-state index in [9.17, 15) is 9.59 Å². The fraction of sp³-hybridized carbons (Fsp3) is 0.300. The Labute approximate surface area is 223 Å². The number of hydrogen-bond acceptors (Lipinski definition) is 4. The predicted molar refractivity (Wildman–Crippen MR) is 150 cm³/mol. The van der Waals surface area contributed by atoms with E-state index in [-0.39, 0.29) is 24.4 Å². The summed E-state index contributed by atoms with van der Waals surface area (Å²) in [7, 11) is 0. The summed E-state index contributed by atoms with van der Waals surface area (Å²) in [4.78, 5) is 28.0. The van der Waals surface area contributed by atoms with Crippen LogP contribution in [0.1, 0.15) is 48.9 Å². The largest absolute Gasteiger partial charge is 0.467 e. The van der Waals surface area contributed by atoms with Crippen LogP contribution in [-0.2, 0) is 16.8 Å². The number of aromatic nitrogens is 2. The second-order valence-corrected chi connectivity index (χ2v) is 10.6. The third-order valence-corrected chi connectivity index (χ3v) is 6.26. The number of hydrogen-bond donors (Lipinski definition) is 2. The molecule has 4 rings (SSSR count). The Bertz CT molecular complexity index is 1430. The number of aryl methyl sites for hydroxylation is 3. The maximum absolute atomic E-state index is 13.4. The first-order chi connectivity index (χ1) is 18.0. The highest BCUT2D eigenvalue weighted by atomic mass is 16.3. The maximum atomic E-state index is 13.4. The quantitative estimate of drug-likeness (QED) is 0.301. The Morgan fingerprint density at radius 2 is 1.71 bits per heavy atom. The molecule has 0 saturated heterocycles. The van der Waals surface area contributed by atoms with Gasteiger partial charge in [-0.1, -0.05) is 56.7 Å². The molecular weight excluding hydrogens is 478 g/mol. The summed E-state index contributed by atoms with van der Waals surface area (Å²) in [5.41, 5.74) is 5.31. The van der Waals surface area contributed by atoms with Crippen molar-refractivity contribution in [3.05, 3.63) is 95.1 Å². The van der Waals surface area contributed by atoms with Gasteiger partial charge < -0.3 is 20.0 Å². The van der Waals surface area contributed by atoms with Gasteiger partial charge in [0, 0.05) is 17.2 Å². The highest BCUT2D eigenvalue weighted by molar-refractivity contribution is 5.97. The molecule has 2 aromatic carbocycles. The van der Waals surface area contributed by atoms with Crippen LogP contribution in [0.4, 0.5) is 16.3 Å². The van der Waals surface area contributed by atoms with Crippen LogP contribution >= 0.6 is 0 Å². The molecule has 38 heavy (non-hydrogen) atoms. The number of nitrogens with zero attached hydrogens (tertiary/aromatic N) is 3. The summed E-state index contributed by atoms with van der Waals surface area (Å²) < 4.78 is 7.22. The first-order valence-corrected chi connectivity index (χ1v) is 12.6. The number of urea groups is 1. The van der Waals surface area contributed by atoms with Crippen LogP contribution in [0.3, 0.4) is 0 Å². The molecule has 0 radical (unpaired) electrons. The van der Waals surface area contributed by atoms with Gasteiger partial charge in [-0.25, -0.2) is 9.48 Å². The van der Waals surface area contributed by atoms with Crippen LogP contribution in [-0.4, -0.2) is 33.2 Å². The van der Waals surface area contributed by atoms with Crippen molar-refractivity contribution < 1.29 is 14.0 Å². The lowest BCUT2D eigenvalue weighted by Crippen LogP contribution is -2.40. The summed E-state index contributed by atoms with van der Waals surface area (Å²) in [6.07, 6.45) is 1.54. The fourth-order valence-corrected chi connectivity index (χ4v) is 4.12. The van der Waals surface area contributed by atoms with E-state index >= 15 is 0 Å². The molecule has 0 aliphatic heterocycles. The van der Waals surface area contributed by atoms with E-state index in [0.717, 1.165) is 28.1 Å². The fourth-order valence-electron chi connectivity index (χ4n) is 4.12. The molecule has 0 spiro atoms. The Morgan fingerprint density at radius 3 is 2.37 bits per heavy atom. The number of anilines is 2. The molecule has 0 aliphatic rings. The molecule has 0 fully saturated rings. The lowest BCUT2D eigenvalue weighted by Gasteiger charge is -2.22. The number of carbonyl (C=O) groups is 2. The molecule has 8 heteroatoms. The molecule has 0 aliphatic carbocycles. The van der Waals surface area contributed by atoms with Gasteiger partial charge in [-0.3, -0.25) is 4.79 Å². The summed E-state index contributed by atoms with van der Waals surface area (Å²) in [6, 6.07) is 18.6. The highest BCUT2D eigenvalue weighted by Crippen LogP contribution is 2.28. The number of benzene rings is 2. The molecule has 2 heterocycles. The summed E-state index contributed by atoms with van der Waals surface area (Å²) >= 11 is 0. The monoisotopic (exact) mass is 513 g/mol. The van der Waals surface area contributed by atoms with E-state index in [1.165, 1.54) is 4.90 Å². The van der Waals surface area contributed by atoms with Crippen LogP contribution in [0.25, 0.3) is 5.69 Å².